The number of carbonyl (C=O) groups excluding carboxylic acids is 1. The molecular weight excluding hydrogens is 340 g/mol. The summed E-state index contributed by atoms with van der Waals surface area (Å²) in [5.74, 6) is -0.901. The van der Waals surface area contributed by atoms with Crippen LogP contribution in [0.5, 0.6) is 0 Å². The minimum absolute atomic E-state index is 0.0492. The number of anilines is 1. The molecule has 2 aliphatic rings. The average Bonchev–Trinajstić information content (AvgIpc) is 2.63. The Morgan fingerprint density at radius 3 is 2.59 bits per heavy atom. The molecule has 27 heavy (non-hydrogen) atoms. The van der Waals surface area contributed by atoms with Crippen LogP contribution in [0.2, 0.25) is 0 Å². The molecule has 1 amide bonds. The third-order valence-electron chi connectivity index (χ3n) is 5.71. The van der Waals surface area contributed by atoms with E-state index in [1.807, 2.05) is 36.4 Å². The van der Waals surface area contributed by atoms with E-state index in [2.05, 4.69) is 22.3 Å². The molecule has 2 aromatic carbocycles. The van der Waals surface area contributed by atoms with Crippen molar-refractivity contribution in [3.63, 3.8) is 0 Å². The van der Waals surface area contributed by atoms with Gasteiger partial charge in [0.25, 0.3) is 0 Å². The number of carboxylic acids is 1. The van der Waals surface area contributed by atoms with Crippen LogP contribution in [0.1, 0.15) is 35.4 Å². The Bertz CT molecular complexity index is 856. The fraction of sp³-hybridized carbons (Fsp3) is 0.364. The Morgan fingerprint density at radius 1 is 1.07 bits per heavy atom. The van der Waals surface area contributed by atoms with E-state index in [4.69, 9.17) is 5.11 Å². The van der Waals surface area contributed by atoms with Gasteiger partial charge in [-0.05, 0) is 61.2 Å². The van der Waals surface area contributed by atoms with Crippen LogP contribution in [0.15, 0.2) is 48.5 Å². The van der Waals surface area contributed by atoms with Crippen LogP contribution in [0.3, 0.4) is 0 Å². The van der Waals surface area contributed by atoms with Gasteiger partial charge < -0.3 is 10.4 Å². The van der Waals surface area contributed by atoms with E-state index < -0.39 is 5.97 Å². The number of carboxylic acid groups (broad SMARTS) is 1. The molecule has 5 nitrogen and oxygen atoms in total. The summed E-state index contributed by atoms with van der Waals surface area (Å²) in [6, 6.07) is 16.0. The number of rotatable bonds is 5. The second kappa shape index (κ2) is 7.53. The number of amides is 1. The van der Waals surface area contributed by atoms with Gasteiger partial charge in [-0.2, -0.15) is 0 Å². The van der Waals surface area contributed by atoms with Crippen LogP contribution >= 0.6 is 0 Å². The molecule has 1 aliphatic carbocycles. The standard InChI is InChI=1S/C22H24N2O3/c25-21(20-13-17-5-1-2-7-19(17)20)23-18-6-3-4-15(12-18)14-24-10-8-16(9-11-24)22(26)27/h1-7,12,16,20H,8-11,13-14H2,(H,23,25)(H,26,27). The summed E-state index contributed by atoms with van der Waals surface area (Å²) in [6.45, 7) is 2.38. The molecule has 0 radical (unpaired) electrons. The monoisotopic (exact) mass is 364 g/mol. The van der Waals surface area contributed by atoms with Gasteiger partial charge in [-0.25, -0.2) is 0 Å². The van der Waals surface area contributed by atoms with Crippen molar-refractivity contribution < 1.29 is 14.7 Å². The number of nitrogens with one attached hydrogen (secondary N) is 1. The zero-order valence-corrected chi connectivity index (χ0v) is 15.2. The molecule has 140 valence electrons. The molecule has 1 unspecified atom stereocenters. The second-order valence-corrected chi connectivity index (χ2v) is 7.53. The fourth-order valence-electron chi connectivity index (χ4n) is 4.07. The van der Waals surface area contributed by atoms with Crippen molar-refractivity contribution in [2.45, 2.75) is 31.7 Å². The van der Waals surface area contributed by atoms with Gasteiger partial charge in [0.2, 0.25) is 5.91 Å². The summed E-state index contributed by atoms with van der Waals surface area (Å²) in [5.41, 5.74) is 4.35. The summed E-state index contributed by atoms with van der Waals surface area (Å²) in [4.78, 5) is 25.9. The lowest BCUT2D eigenvalue weighted by Gasteiger charge is -2.30. The van der Waals surface area contributed by atoms with E-state index in [1.165, 1.54) is 5.56 Å². The highest BCUT2D eigenvalue weighted by molar-refractivity contribution is 5.97. The molecule has 5 heteroatoms. The zero-order valence-electron chi connectivity index (χ0n) is 15.2. The first kappa shape index (κ1) is 17.7. The van der Waals surface area contributed by atoms with Crippen molar-refractivity contribution in [3.05, 3.63) is 65.2 Å². The topological polar surface area (TPSA) is 69.6 Å². The van der Waals surface area contributed by atoms with Gasteiger partial charge in [-0.1, -0.05) is 36.4 Å². The van der Waals surface area contributed by atoms with Crippen molar-refractivity contribution in [2.24, 2.45) is 5.92 Å². The SMILES string of the molecule is O=C(O)C1CCN(Cc2cccc(NC(=O)C3Cc4ccccc43)c2)CC1. The number of hydrogen-bond donors (Lipinski definition) is 2. The number of carbonyl (C=O) groups is 2. The van der Waals surface area contributed by atoms with Crippen LogP contribution in [-0.4, -0.2) is 35.0 Å². The number of fused-ring (bicyclic) bond motifs is 1. The Morgan fingerprint density at radius 2 is 1.85 bits per heavy atom. The first-order valence-electron chi connectivity index (χ1n) is 9.53. The number of likely N-dealkylation sites (tertiary alicyclic amines) is 1. The summed E-state index contributed by atoms with van der Waals surface area (Å²) in [6.07, 6.45) is 2.21. The van der Waals surface area contributed by atoms with E-state index >= 15 is 0 Å². The maximum absolute atomic E-state index is 12.6. The van der Waals surface area contributed by atoms with Crippen LogP contribution in [0.25, 0.3) is 0 Å². The highest BCUT2D eigenvalue weighted by Crippen LogP contribution is 2.35. The summed E-state index contributed by atoms with van der Waals surface area (Å²) < 4.78 is 0. The Balaban J connectivity index is 1.35. The fourth-order valence-corrected chi connectivity index (χ4v) is 4.07. The molecule has 0 aromatic heterocycles. The molecule has 0 saturated carbocycles. The highest BCUT2D eigenvalue weighted by atomic mass is 16.4. The van der Waals surface area contributed by atoms with Crippen molar-refractivity contribution in [1.82, 2.24) is 4.90 Å². The number of aliphatic carboxylic acids is 1. The van der Waals surface area contributed by atoms with Crippen molar-refractivity contribution in [2.75, 3.05) is 18.4 Å². The zero-order chi connectivity index (χ0) is 18.8. The maximum Gasteiger partial charge on any atom is 0.306 e. The molecule has 0 spiro atoms. The Kier molecular flexibility index (Phi) is 4.94. The van der Waals surface area contributed by atoms with E-state index in [1.54, 1.807) is 0 Å². The van der Waals surface area contributed by atoms with E-state index in [-0.39, 0.29) is 17.7 Å². The molecule has 2 aromatic rings. The minimum atomic E-state index is -0.683. The lowest BCUT2D eigenvalue weighted by atomic mass is 9.77. The summed E-state index contributed by atoms with van der Waals surface area (Å²) in [5, 5.41) is 12.2. The van der Waals surface area contributed by atoms with Gasteiger partial charge in [0.1, 0.15) is 0 Å². The third kappa shape index (κ3) is 3.88. The predicted molar refractivity (Wildman–Crippen MR) is 104 cm³/mol. The van der Waals surface area contributed by atoms with Crippen LogP contribution in [0.4, 0.5) is 5.69 Å². The van der Waals surface area contributed by atoms with Gasteiger partial charge >= 0.3 is 5.97 Å². The Labute approximate surface area is 159 Å². The number of piperidine rings is 1. The molecule has 1 fully saturated rings. The predicted octanol–water partition coefficient (Wildman–Crippen LogP) is 3.26. The molecule has 1 aliphatic heterocycles. The van der Waals surface area contributed by atoms with Crippen molar-refractivity contribution in [1.29, 1.82) is 0 Å². The van der Waals surface area contributed by atoms with Gasteiger partial charge in [-0.15, -0.1) is 0 Å². The molecule has 0 bridgehead atoms. The van der Waals surface area contributed by atoms with Crippen LogP contribution in [0, 0.1) is 5.92 Å². The Hall–Kier alpha value is -2.66. The first-order chi connectivity index (χ1) is 13.1. The normalized spacial score (nSPS) is 19.8. The van der Waals surface area contributed by atoms with E-state index in [0.29, 0.717) is 12.8 Å². The van der Waals surface area contributed by atoms with Crippen LogP contribution < -0.4 is 5.32 Å². The first-order valence-corrected chi connectivity index (χ1v) is 9.53. The van der Waals surface area contributed by atoms with Gasteiger partial charge in [0.05, 0.1) is 11.8 Å². The lowest BCUT2D eigenvalue weighted by Crippen LogP contribution is -2.35. The average molecular weight is 364 g/mol. The smallest absolute Gasteiger partial charge is 0.306 e. The summed E-state index contributed by atoms with van der Waals surface area (Å²) in [7, 11) is 0. The van der Waals surface area contributed by atoms with E-state index in [9.17, 15) is 9.59 Å². The number of benzene rings is 2. The quantitative estimate of drug-likeness (QED) is 0.854. The third-order valence-corrected chi connectivity index (χ3v) is 5.71. The van der Waals surface area contributed by atoms with Crippen LogP contribution in [-0.2, 0) is 22.6 Å². The van der Waals surface area contributed by atoms with Gasteiger partial charge in [0, 0.05) is 12.2 Å². The van der Waals surface area contributed by atoms with Gasteiger partial charge in [0.15, 0.2) is 0 Å². The molecular formula is C22H24N2O3. The molecule has 1 heterocycles. The highest BCUT2D eigenvalue weighted by Gasteiger charge is 2.31. The van der Waals surface area contributed by atoms with Crippen molar-refractivity contribution in [3.8, 4) is 0 Å². The minimum Gasteiger partial charge on any atom is -0.481 e. The second-order valence-electron chi connectivity index (χ2n) is 7.53. The van der Waals surface area contributed by atoms with Gasteiger partial charge in [-0.3, -0.25) is 14.5 Å². The largest absolute Gasteiger partial charge is 0.481 e. The molecule has 2 N–H and O–H groups in total. The molecule has 1 atom stereocenters. The van der Waals surface area contributed by atoms with Crippen molar-refractivity contribution >= 4 is 17.6 Å². The van der Waals surface area contributed by atoms with E-state index in [0.717, 1.165) is 42.9 Å². The molecule has 1 saturated heterocycles. The molecule has 4 rings (SSSR count). The summed E-state index contributed by atoms with van der Waals surface area (Å²) >= 11 is 0. The number of hydrogen-bond acceptors (Lipinski definition) is 3. The lowest BCUT2D eigenvalue weighted by molar-refractivity contribution is -0.143. The number of nitrogens with zero attached hydrogens (tertiary/aromatic N) is 1. The maximum atomic E-state index is 12.6.